The molecule has 0 bridgehead atoms. The Morgan fingerprint density at radius 3 is 2.83 bits per heavy atom. The van der Waals surface area contributed by atoms with Crippen LogP contribution in [0.1, 0.15) is 32.6 Å². The van der Waals surface area contributed by atoms with Crippen LogP contribution in [0.2, 0.25) is 0 Å². The third-order valence-electron chi connectivity index (χ3n) is 2.63. The van der Waals surface area contributed by atoms with E-state index in [0.29, 0.717) is 6.04 Å². The average molecular weight is 171 g/mol. The first-order chi connectivity index (χ1) is 5.76. The largest absolute Gasteiger partial charge is 0.453 e. The van der Waals surface area contributed by atoms with Crippen molar-refractivity contribution in [3.63, 3.8) is 0 Å². The van der Waals surface area contributed by atoms with Gasteiger partial charge in [0.05, 0.1) is 7.11 Å². The Kier molecular flexibility index (Phi) is 3.38. The van der Waals surface area contributed by atoms with E-state index in [4.69, 9.17) is 0 Å². The normalized spacial score (nSPS) is 28.5. The standard InChI is InChI=1S/C9H17NO2/c1-3-7-4-5-8(6-7)10-9(11)12-2/h7-8H,3-6H2,1-2H3,(H,10,11)/t7-,8+/m0/s1. The molecule has 1 aliphatic carbocycles. The van der Waals surface area contributed by atoms with E-state index in [1.807, 2.05) is 0 Å². The topological polar surface area (TPSA) is 38.3 Å². The number of amides is 1. The number of rotatable bonds is 2. The van der Waals surface area contributed by atoms with E-state index >= 15 is 0 Å². The molecule has 1 amide bonds. The van der Waals surface area contributed by atoms with Crippen molar-refractivity contribution in [1.29, 1.82) is 0 Å². The van der Waals surface area contributed by atoms with Gasteiger partial charge < -0.3 is 10.1 Å². The predicted molar refractivity (Wildman–Crippen MR) is 47.0 cm³/mol. The Balaban J connectivity index is 2.23. The van der Waals surface area contributed by atoms with Crippen LogP contribution in [0.3, 0.4) is 0 Å². The number of hydrogen-bond acceptors (Lipinski definition) is 2. The number of hydrogen-bond donors (Lipinski definition) is 1. The third-order valence-corrected chi connectivity index (χ3v) is 2.63. The summed E-state index contributed by atoms with van der Waals surface area (Å²) in [6.07, 6.45) is 4.39. The van der Waals surface area contributed by atoms with E-state index in [0.717, 1.165) is 18.8 Å². The van der Waals surface area contributed by atoms with Gasteiger partial charge in [0.2, 0.25) is 0 Å². The minimum atomic E-state index is -0.295. The summed E-state index contributed by atoms with van der Waals surface area (Å²) >= 11 is 0. The van der Waals surface area contributed by atoms with Crippen LogP contribution in [0.5, 0.6) is 0 Å². The van der Waals surface area contributed by atoms with Crippen molar-refractivity contribution < 1.29 is 9.53 Å². The van der Waals surface area contributed by atoms with E-state index in [1.165, 1.54) is 20.0 Å². The Labute approximate surface area is 73.5 Å². The molecule has 0 heterocycles. The second-order valence-electron chi connectivity index (χ2n) is 3.42. The Bertz CT molecular complexity index is 159. The van der Waals surface area contributed by atoms with Crippen LogP contribution < -0.4 is 5.32 Å². The van der Waals surface area contributed by atoms with E-state index in [2.05, 4.69) is 17.0 Å². The Morgan fingerprint density at radius 1 is 1.58 bits per heavy atom. The van der Waals surface area contributed by atoms with Crippen molar-refractivity contribution in [2.75, 3.05) is 7.11 Å². The molecular weight excluding hydrogens is 154 g/mol. The molecule has 0 saturated heterocycles. The van der Waals surface area contributed by atoms with Crippen LogP contribution >= 0.6 is 0 Å². The van der Waals surface area contributed by atoms with Crippen molar-refractivity contribution in [3.8, 4) is 0 Å². The lowest BCUT2D eigenvalue weighted by atomic mass is 10.1. The first-order valence-corrected chi connectivity index (χ1v) is 4.60. The molecule has 0 aromatic rings. The van der Waals surface area contributed by atoms with Crippen molar-refractivity contribution in [1.82, 2.24) is 5.32 Å². The molecule has 1 rings (SSSR count). The van der Waals surface area contributed by atoms with Crippen molar-refractivity contribution in [3.05, 3.63) is 0 Å². The molecule has 2 atom stereocenters. The second kappa shape index (κ2) is 4.33. The highest BCUT2D eigenvalue weighted by atomic mass is 16.5. The van der Waals surface area contributed by atoms with Crippen LogP contribution in [0.15, 0.2) is 0 Å². The Morgan fingerprint density at radius 2 is 2.33 bits per heavy atom. The Hall–Kier alpha value is -0.730. The molecule has 0 unspecified atom stereocenters. The zero-order chi connectivity index (χ0) is 8.97. The molecular formula is C9H17NO2. The van der Waals surface area contributed by atoms with Gasteiger partial charge in [-0.05, 0) is 25.2 Å². The van der Waals surface area contributed by atoms with Gasteiger partial charge in [0.15, 0.2) is 0 Å². The minimum Gasteiger partial charge on any atom is -0.453 e. The maximum atomic E-state index is 10.8. The summed E-state index contributed by atoms with van der Waals surface area (Å²) in [6, 6.07) is 0.349. The summed E-state index contributed by atoms with van der Waals surface area (Å²) in [6.45, 7) is 2.20. The summed E-state index contributed by atoms with van der Waals surface area (Å²) in [4.78, 5) is 10.8. The van der Waals surface area contributed by atoms with Gasteiger partial charge in [-0.2, -0.15) is 0 Å². The molecule has 1 aliphatic rings. The van der Waals surface area contributed by atoms with Crippen molar-refractivity contribution in [2.45, 2.75) is 38.6 Å². The minimum absolute atomic E-state index is 0.295. The summed E-state index contributed by atoms with van der Waals surface area (Å²) in [5.74, 6) is 0.798. The fourth-order valence-corrected chi connectivity index (χ4v) is 1.80. The molecule has 0 aromatic carbocycles. The smallest absolute Gasteiger partial charge is 0.407 e. The molecule has 1 fully saturated rings. The molecule has 1 saturated carbocycles. The highest BCUT2D eigenvalue weighted by Crippen LogP contribution is 2.27. The molecule has 0 aromatic heterocycles. The lowest BCUT2D eigenvalue weighted by molar-refractivity contribution is 0.166. The number of methoxy groups -OCH3 is 1. The molecule has 12 heavy (non-hydrogen) atoms. The van der Waals surface area contributed by atoms with E-state index in [1.54, 1.807) is 0 Å². The SMILES string of the molecule is CC[C@H]1CC[C@@H](NC(=O)OC)C1. The lowest BCUT2D eigenvalue weighted by Gasteiger charge is -2.10. The number of nitrogens with one attached hydrogen (secondary N) is 1. The first kappa shape index (κ1) is 9.36. The fourth-order valence-electron chi connectivity index (χ4n) is 1.80. The number of carbonyl (C=O) groups is 1. The van der Waals surface area contributed by atoms with Gasteiger partial charge >= 0.3 is 6.09 Å². The van der Waals surface area contributed by atoms with Crippen LogP contribution in [0.25, 0.3) is 0 Å². The van der Waals surface area contributed by atoms with Crippen LogP contribution in [-0.4, -0.2) is 19.2 Å². The molecule has 70 valence electrons. The molecule has 0 aliphatic heterocycles. The van der Waals surface area contributed by atoms with E-state index in [9.17, 15) is 4.79 Å². The number of alkyl carbamates (subject to hydrolysis) is 1. The van der Waals surface area contributed by atoms with Crippen molar-refractivity contribution >= 4 is 6.09 Å². The first-order valence-electron chi connectivity index (χ1n) is 4.60. The van der Waals surface area contributed by atoms with Crippen LogP contribution in [0.4, 0.5) is 4.79 Å². The molecule has 3 nitrogen and oxygen atoms in total. The second-order valence-corrected chi connectivity index (χ2v) is 3.42. The molecule has 0 spiro atoms. The number of carbonyl (C=O) groups excluding carboxylic acids is 1. The summed E-state index contributed by atoms with van der Waals surface area (Å²) in [5.41, 5.74) is 0. The quantitative estimate of drug-likeness (QED) is 0.689. The van der Waals surface area contributed by atoms with Gasteiger partial charge in [0.25, 0.3) is 0 Å². The zero-order valence-electron chi connectivity index (χ0n) is 7.80. The number of ether oxygens (including phenoxy) is 1. The monoisotopic (exact) mass is 171 g/mol. The average Bonchev–Trinajstić information content (AvgIpc) is 2.52. The van der Waals surface area contributed by atoms with Gasteiger partial charge in [0, 0.05) is 6.04 Å². The zero-order valence-corrected chi connectivity index (χ0v) is 7.80. The molecule has 0 radical (unpaired) electrons. The lowest BCUT2D eigenvalue weighted by Crippen LogP contribution is -2.32. The fraction of sp³-hybridized carbons (Fsp3) is 0.889. The van der Waals surface area contributed by atoms with E-state index < -0.39 is 0 Å². The highest BCUT2D eigenvalue weighted by molar-refractivity contribution is 5.67. The summed E-state index contributed by atoms with van der Waals surface area (Å²) < 4.78 is 4.53. The maximum absolute atomic E-state index is 10.8. The highest BCUT2D eigenvalue weighted by Gasteiger charge is 2.24. The van der Waals surface area contributed by atoms with Crippen molar-refractivity contribution in [2.24, 2.45) is 5.92 Å². The van der Waals surface area contributed by atoms with Gasteiger partial charge in [-0.1, -0.05) is 13.3 Å². The van der Waals surface area contributed by atoms with Crippen LogP contribution in [-0.2, 0) is 4.74 Å². The third kappa shape index (κ3) is 2.40. The summed E-state index contributed by atoms with van der Waals surface area (Å²) in [7, 11) is 1.40. The molecule has 1 N–H and O–H groups in total. The predicted octanol–water partition coefficient (Wildman–Crippen LogP) is 1.92. The summed E-state index contributed by atoms with van der Waals surface area (Å²) in [5, 5.41) is 2.83. The van der Waals surface area contributed by atoms with Crippen LogP contribution in [0, 0.1) is 5.92 Å². The van der Waals surface area contributed by atoms with Gasteiger partial charge in [-0.25, -0.2) is 4.79 Å². The van der Waals surface area contributed by atoms with Gasteiger partial charge in [0.1, 0.15) is 0 Å². The maximum Gasteiger partial charge on any atom is 0.407 e. The molecule has 3 heteroatoms. The van der Waals surface area contributed by atoms with E-state index in [-0.39, 0.29) is 6.09 Å². The van der Waals surface area contributed by atoms with Gasteiger partial charge in [-0.3, -0.25) is 0 Å². The van der Waals surface area contributed by atoms with Gasteiger partial charge in [-0.15, -0.1) is 0 Å².